The Balaban J connectivity index is 2.23. The van der Waals surface area contributed by atoms with Gasteiger partial charge in [0.25, 0.3) is 0 Å². The third kappa shape index (κ3) is 2.76. The van der Waals surface area contributed by atoms with Crippen molar-refractivity contribution in [3.63, 3.8) is 0 Å². The van der Waals surface area contributed by atoms with Gasteiger partial charge in [-0.05, 0) is 18.6 Å². The fourth-order valence-electron chi connectivity index (χ4n) is 1.92. The van der Waals surface area contributed by atoms with E-state index in [-0.39, 0.29) is 11.1 Å². The van der Waals surface area contributed by atoms with Crippen molar-refractivity contribution in [1.29, 1.82) is 0 Å². The van der Waals surface area contributed by atoms with Gasteiger partial charge in [0, 0.05) is 26.5 Å². The fourth-order valence-corrected chi connectivity index (χ4v) is 2.50. The molecule has 5 nitrogen and oxygen atoms in total. The lowest BCUT2D eigenvalue weighted by Crippen LogP contribution is -2.23. The lowest BCUT2D eigenvalue weighted by Gasteiger charge is -2.17. The Morgan fingerprint density at radius 1 is 1.47 bits per heavy atom. The van der Waals surface area contributed by atoms with Gasteiger partial charge < -0.3 is 9.64 Å². The molecule has 0 spiro atoms. The van der Waals surface area contributed by atoms with Crippen LogP contribution in [0.2, 0.25) is 0 Å². The maximum atomic E-state index is 11.4. The first-order valence-corrected chi connectivity index (χ1v) is 7.34. The van der Waals surface area contributed by atoms with Crippen molar-refractivity contribution >= 4 is 15.7 Å². The van der Waals surface area contributed by atoms with Crippen LogP contribution in [0, 0.1) is 0 Å². The van der Waals surface area contributed by atoms with Crippen molar-refractivity contribution < 1.29 is 13.2 Å². The van der Waals surface area contributed by atoms with Crippen LogP contribution in [-0.4, -0.2) is 46.0 Å². The Hall–Kier alpha value is -1.14. The molecule has 1 aromatic rings. The molecule has 94 valence electrons. The quantitative estimate of drug-likeness (QED) is 0.797. The molecule has 1 aromatic heterocycles. The van der Waals surface area contributed by atoms with E-state index >= 15 is 0 Å². The highest BCUT2D eigenvalue weighted by Crippen LogP contribution is 2.20. The van der Waals surface area contributed by atoms with Crippen LogP contribution in [-0.2, 0) is 14.6 Å². The summed E-state index contributed by atoms with van der Waals surface area (Å²) in [6, 6.07) is 5.06. The molecule has 1 saturated heterocycles. The largest absolute Gasteiger partial charge is 0.380 e. The van der Waals surface area contributed by atoms with Crippen LogP contribution in [0.5, 0.6) is 0 Å². The van der Waals surface area contributed by atoms with E-state index in [1.807, 2.05) is 11.0 Å². The van der Waals surface area contributed by atoms with Gasteiger partial charge in [-0.15, -0.1) is 0 Å². The smallest absolute Gasteiger partial charge is 0.192 e. The molecule has 0 saturated carbocycles. The molecular formula is C11H16N2O3S. The summed E-state index contributed by atoms with van der Waals surface area (Å²) in [6.07, 6.45) is 2.32. The van der Waals surface area contributed by atoms with E-state index < -0.39 is 9.84 Å². The first-order valence-electron chi connectivity index (χ1n) is 5.45. The number of anilines is 1. The molecule has 0 radical (unpaired) electrons. The zero-order chi connectivity index (χ0) is 12.5. The Labute approximate surface area is 101 Å². The normalized spacial score (nSPS) is 20.8. The lowest BCUT2D eigenvalue weighted by atomic mass is 10.3. The molecule has 0 aromatic carbocycles. The summed E-state index contributed by atoms with van der Waals surface area (Å²) in [4.78, 5) is 6.22. The van der Waals surface area contributed by atoms with Gasteiger partial charge in [0.05, 0.1) is 6.10 Å². The Morgan fingerprint density at radius 3 is 2.82 bits per heavy atom. The zero-order valence-electron chi connectivity index (χ0n) is 9.96. The Kier molecular flexibility index (Phi) is 3.35. The van der Waals surface area contributed by atoms with Crippen molar-refractivity contribution in [2.45, 2.75) is 17.6 Å². The van der Waals surface area contributed by atoms with Gasteiger partial charge in [0.2, 0.25) is 0 Å². The number of pyridine rings is 1. The molecule has 2 heterocycles. The Morgan fingerprint density at radius 2 is 2.24 bits per heavy atom. The van der Waals surface area contributed by atoms with Crippen molar-refractivity contribution in [3.8, 4) is 0 Å². The van der Waals surface area contributed by atoms with E-state index in [0.29, 0.717) is 5.82 Å². The topological polar surface area (TPSA) is 59.5 Å². The van der Waals surface area contributed by atoms with Crippen LogP contribution in [0.15, 0.2) is 23.2 Å². The van der Waals surface area contributed by atoms with Gasteiger partial charge in [-0.1, -0.05) is 6.07 Å². The minimum Gasteiger partial charge on any atom is -0.380 e. The fraction of sp³-hybridized carbons (Fsp3) is 0.545. The number of nitrogens with zero attached hydrogens (tertiary/aromatic N) is 2. The number of ether oxygens (including phenoxy) is 1. The molecule has 0 aliphatic carbocycles. The molecule has 1 unspecified atom stereocenters. The molecule has 1 fully saturated rings. The van der Waals surface area contributed by atoms with E-state index in [4.69, 9.17) is 4.74 Å². The van der Waals surface area contributed by atoms with E-state index in [9.17, 15) is 8.42 Å². The first-order chi connectivity index (χ1) is 8.00. The predicted octanol–water partition coefficient (Wildman–Crippen LogP) is 0.710. The molecule has 17 heavy (non-hydrogen) atoms. The van der Waals surface area contributed by atoms with Crippen molar-refractivity contribution in [2.75, 3.05) is 31.4 Å². The van der Waals surface area contributed by atoms with E-state index in [2.05, 4.69) is 4.98 Å². The summed E-state index contributed by atoms with van der Waals surface area (Å²) >= 11 is 0. The molecule has 0 bridgehead atoms. The maximum absolute atomic E-state index is 11.4. The van der Waals surface area contributed by atoms with Crippen LogP contribution >= 0.6 is 0 Å². The molecule has 0 N–H and O–H groups in total. The van der Waals surface area contributed by atoms with Crippen molar-refractivity contribution in [2.24, 2.45) is 0 Å². The van der Waals surface area contributed by atoms with Gasteiger partial charge >= 0.3 is 0 Å². The van der Waals surface area contributed by atoms with Gasteiger partial charge in [-0.25, -0.2) is 13.4 Å². The molecular weight excluding hydrogens is 240 g/mol. The van der Waals surface area contributed by atoms with Crippen LogP contribution < -0.4 is 4.90 Å². The standard InChI is InChI=1S/C11H16N2O3S/c1-16-9-6-7-13(8-9)10-4-3-5-11(12-10)17(2,14)15/h3-5,9H,6-8H2,1-2H3. The highest BCUT2D eigenvalue weighted by molar-refractivity contribution is 7.90. The minimum absolute atomic E-state index is 0.121. The van der Waals surface area contributed by atoms with Crippen LogP contribution in [0.3, 0.4) is 0 Å². The molecule has 2 rings (SSSR count). The van der Waals surface area contributed by atoms with Crippen molar-refractivity contribution in [1.82, 2.24) is 4.98 Å². The van der Waals surface area contributed by atoms with Gasteiger partial charge in [-0.3, -0.25) is 0 Å². The second-order valence-corrected chi connectivity index (χ2v) is 6.16. The summed E-state index contributed by atoms with van der Waals surface area (Å²) in [5.74, 6) is 0.701. The number of hydrogen-bond acceptors (Lipinski definition) is 5. The minimum atomic E-state index is -3.24. The van der Waals surface area contributed by atoms with Crippen LogP contribution in [0.4, 0.5) is 5.82 Å². The van der Waals surface area contributed by atoms with Crippen LogP contribution in [0.1, 0.15) is 6.42 Å². The highest BCUT2D eigenvalue weighted by Gasteiger charge is 2.23. The second kappa shape index (κ2) is 4.62. The molecule has 1 aliphatic heterocycles. The summed E-state index contributed by atoms with van der Waals surface area (Å²) in [6.45, 7) is 1.61. The second-order valence-electron chi connectivity index (χ2n) is 4.20. The first kappa shape index (κ1) is 12.3. The Bertz CT molecular complexity index is 501. The number of methoxy groups -OCH3 is 1. The lowest BCUT2D eigenvalue weighted by molar-refractivity contribution is 0.121. The van der Waals surface area contributed by atoms with E-state index in [1.54, 1.807) is 13.2 Å². The highest BCUT2D eigenvalue weighted by atomic mass is 32.2. The number of aromatic nitrogens is 1. The average molecular weight is 256 g/mol. The molecule has 1 atom stereocenters. The summed E-state index contributed by atoms with van der Waals surface area (Å²) in [5.41, 5.74) is 0. The third-order valence-corrected chi connectivity index (χ3v) is 3.88. The monoisotopic (exact) mass is 256 g/mol. The van der Waals surface area contributed by atoms with E-state index in [1.165, 1.54) is 12.3 Å². The molecule has 0 amide bonds. The molecule has 6 heteroatoms. The average Bonchev–Trinajstić information content (AvgIpc) is 2.76. The maximum Gasteiger partial charge on any atom is 0.192 e. The summed E-state index contributed by atoms with van der Waals surface area (Å²) in [5, 5.41) is 0.121. The zero-order valence-corrected chi connectivity index (χ0v) is 10.8. The summed E-state index contributed by atoms with van der Waals surface area (Å²) < 4.78 is 28.1. The predicted molar refractivity (Wildman–Crippen MR) is 65.0 cm³/mol. The van der Waals surface area contributed by atoms with Gasteiger partial charge in [0.1, 0.15) is 5.82 Å². The number of sulfone groups is 1. The van der Waals surface area contributed by atoms with E-state index in [0.717, 1.165) is 19.5 Å². The SMILES string of the molecule is COC1CCN(c2cccc(S(C)(=O)=O)n2)C1. The molecule has 1 aliphatic rings. The van der Waals surface area contributed by atoms with Gasteiger partial charge in [-0.2, -0.15) is 0 Å². The number of hydrogen-bond donors (Lipinski definition) is 0. The van der Waals surface area contributed by atoms with Crippen molar-refractivity contribution in [3.05, 3.63) is 18.2 Å². The number of rotatable bonds is 3. The third-order valence-electron chi connectivity index (χ3n) is 2.89. The van der Waals surface area contributed by atoms with Gasteiger partial charge in [0.15, 0.2) is 14.9 Å². The van der Waals surface area contributed by atoms with Crippen LogP contribution in [0.25, 0.3) is 0 Å². The summed E-state index contributed by atoms with van der Waals surface area (Å²) in [7, 11) is -1.55.